The summed E-state index contributed by atoms with van der Waals surface area (Å²) in [6.45, 7) is 2.21. The van der Waals surface area contributed by atoms with Crippen LogP contribution in [0.4, 0.5) is 5.82 Å². The molecular formula is C10H15ClN2O3S. The summed E-state index contributed by atoms with van der Waals surface area (Å²) in [7, 11) is -3.38. The van der Waals surface area contributed by atoms with Crippen LogP contribution in [0.5, 0.6) is 0 Å². The number of rotatable bonds is 5. The second-order valence-electron chi connectivity index (χ2n) is 3.59. The molecule has 1 aromatic rings. The summed E-state index contributed by atoms with van der Waals surface area (Å²) in [5.74, 6) is 0.270. The van der Waals surface area contributed by atoms with Crippen molar-refractivity contribution in [2.24, 2.45) is 0 Å². The maximum absolute atomic E-state index is 11.6. The Labute approximate surface area is 106 Å². The van der Waals surface area contributed by atoms with Crippen molar-refractivity contribution in [1.82, 2.24) is 4.98 Å². The zero-order valence-electron chi connectivity index (χ0n) is 9.67. The maximum atomic E-state index is 11.6. The van der Waals surface area contributed by atoms with E-state index in [4.69, 9.17) is 11.6 Å². The smallest absolute Gasteiger partial charge is 0.233 e. The Bertz CT molecular complexity index is 476. The number of aliphatic hydroxyl groups excluding tert-OH is 1. The lowest BCUT2D eigenvalue weighted by atomic mass is 10.3. The molecule has 0 aromatic carbocycles. The number of aromatic nitrogens is 1. The van der Waals surface area contributed by atoms with E-state index >= 15 is 0 Å². The molecule has 5 nitrogen and oxygen atoms in total. The molecule has 0 bridgehead atoms. The molecule has 0 saturated heterocycles. The number of anilines is 1. The summed E-state index contributed by atoms with van der Waals surface area (Å²) >= 11 is 5.50. The van der Waals surface area contributed by atoms with Crippen LogP contribution < -0.4 is 4.31 Å². The largest absolute Gasteiger partial charge is 0.372 e. The number of hydrogen-bond acceptors (Lipinski definition) is 4. The summed E-state index contributed by atoms with van der Waals surface area (Å²) in [6, 6.07) is 4.71. The number of hydrogen-bond donors (Lipinski definition) is 1. The van der Waals surface area contributed by atoms with Gasteiger partial charge in [-0.15, -0.1) is 0 Å². The van der Waals surface area contributed by atoms with Gasteiger partial charge in [-0.3, -0.25) is 4.31 Å². The molecule has 0 radical (unpaired) electrons. The van der Waals surface area contributed by atoms with Crippen LogP contribution in [0.15, 0.2) is 18.2 Å². The van der Waals surface area contributed by atoms with E-state index in [1.54, 1.807) is 12.1 Å². The average molecular weight is 279 g/mol. The minimum absolute atomic E-state index is 0.230. The molecule has 1 atom stereocenters. The molecule has 0 amide bonds. The predicted molar refractivity (Wildman–Crippen MR) is 67.5 cm³/mol. The highest BCUT2D eigenvalue weighted by Crippen LogP contribution is 2.20. The van der Waals surface area contributed by atoms with Crippen LogP contribution in [-0.2, 0) is 10.0 Å². The molecule has 96 valence electrons. The van der Waals surface area contributed by atoms with Gasteiger partial charge < -0.3 is 5.11 Å². The number of aliphatic hydroxyl groups is 1. The Hall–Kier alpha value is -0.850. The third kappa shape index (κ3) is 3.83. The lowest BCUT2D eigenvalue weighted by Crippen LogP contribution is -2.31. The Kier molecular flexibility index (Phi) is 4.73. The molecule has 1 N–H and O–H groups in total. The van der Waals surface area contributed by atoms with E-state index in [1.807, 2.05) is 6.92 Å². The summed E-state index contributed by atoms with van der Waals surface area (Å²) in [5, 5.41) is 9.20. The van der Waals surface area contributed by atoms with Crippen LogP contribution >= 0.6 is 11.6 Å². The number of pyridine rings is 1. The SMILES string of the molecule is CCCN(c1cccc(C(O)Cl)n1)S(C)(=O)=O. The van der Waals surface area contributed by atoms with Crippen LogP contribution in [0.1, 0.15) is 24.6 Å². The molecular weight excluding hydrogens is 264 g/mol. The van der Waals surface area contributed by atoms with E-state index < -0.39 is 15.6 Å². The van der Waals surface area contributed by atoms with Gasteiger partial charge in [0, 0.05) is 6.54 Å². The Morgan fingerprint density at radius 1 is 1.53 bits per heavy atom. The molecule has 0 aliphatic heterocycles. The van der Waals surface area contributed by atoms with Crippen molar-refractivity contribution < 1.29 is 13.5 Å². The zero-order chi connectivity index (χ0) is 13.1. The van der Waals surface area contributed by atoms with Crippen molar-refractivity contribution >= 4 is 27.4 Å². The monoisotopic (exact) mass is 278 g/mol. The van der Waals surface area contributed by atoms with E-state index in [-0.39, 0.29) is 11.5 Å². The maximum Gasteiger partial charge on any atom is 0.233 e. The van der Waals surface area contributed by atoms with Crippen molar-refractivity contribution in [3.63, 3.8) is 0 Å². The minimum atomic E-state index is -3.38. The first-order chi connectivity index (χ1) is 7.86. The number of alkyl halides is 1. The van der Waals surface area contributed by atoms with Gasteiger partial charge in [-0.25, -0.2) is 13.4 Å². The molecule has 0 saturated carbocycles. The highest BCUT2D eigenvalue weighted by Gasteiger charge is 2.18. The van der Waals surface area contributed by atoms with E-state index in [2.05, 4.69) is 4.98 Å². The van der Waals surface area contributed by atoms with Crippen molar-refractivity contribution in [3.05, 3.63) is 23.9 Å². The molecule has 0 fully saturated rings. The van der Waals surface area contributed by atoms with E-state index in [0.29, 0.717) is 13.0 Å². The summed E-state index contributed by atoms with van der Waals surface area (Å²) < 4.78 is 24.4. The minimum Gasteiger partial charge on any atom is -0.372 e. The fourth-order valence-corrected chi connectivity index (χ4v) is 2.44. The highest BCUT2D eigenvalue weighted by molar-refractivity contribution is 7.92. The van der Waals surface area contributed by atoms with E-state index in [1.165, 1.54) is 10.4 Å². The standard InChI is InChI=1S/C10H15ClN2O3S/c1-3-7-13(17(2,15)16)9-6-4-5-8(12-9)10(11)14/h4-6,10,14H,3,7H2,1-2H3. The highest BCUT2D eigenvalue weighted by atomic mass is 35.5. The van der Waals surface area contributed by atoms with Gasteiger partial charge in [0.05, 0.1) is 11.9 Å². The van der Waals surface area contributed by atoms with Crippen LogP contribution in [-0.4, -0.2) is 31.3 Å². The van der Waals surface area contributed by atoms with Crippen LogP contribution in [0.3, 0.4) is 0 Å². The molecule has 0 spiro atoms. The Morgan fingerprint density at radius 2 is 2.18 bits per heavy atom. The van der Waals surface area contributed by atoms with Crippen LogP contribution in [0, 0.1) is 0 Å². The second kappa shape index (κ2) is 5.66. The van der Waals surface area contributed by atoms with Crippen molar-refractivity contribution in [3.8, 4) is 0 Å². The summed E-state index contributed by atoms with van der Waals surface area (Å²) in [4.78, 5) is 4.02. The van der Waals surface area contributed by atoms with Crippen molar-refractivity contribution in [1.29, 1.82) is 0 Å². The number of sulfonamides is 1. The van der Waals surface area contributed by atoms with Gasteiger partial charge in [-0.2, -0.15) is 0 Å². The fraction of sp³-hybridized carbons (Fsp3) is 0.500. The van der Waals surface area contributed by atoms with Gasteiger partial charge in [0.2, 0.25) is 10.0 Å². The average Bonchev–Trinajstić information content (AvgIpc) is 2.24. The van der Waals surface area contributed by atoms with E-state index in [0.717, 1.165) is 6.26 Å². The van der Waals surface area contributed by atoms with Gasteiger partial charge in [-0.05, 0) is 18.6 Å². The molecule has 1 rings (SSSR count). The molecule has 1 aromatic heterocycles. The van der Waals surface area contributed by atoms with Gasteiger partial charge in [0.1, 0.15) is 5.82 Å². The van der Waals surface area contributed by atoms with Gasteiger partial charge in [0.15, 0.2) is 5.56 Å². The first kappa shape index (κ1) is 14.2. The number of nitrogens with zero attached hydrogens (tertiary/aromatic N) is 2. The summed E-state index contributed by atoms with van der Waals surface area (Å²) in [5.41, 5.74) is -1.01. The molecule has 1 unspecified atom stereocenters. The molecule has 7 heteroatoms. The molecule has 0 aliphatic carbocycles. The summed E-state index contributed by atoms with van der Waals surface area (Å²) in [6.07, 6.45) is 1.79. The normalized spacial score (nSPS) is 13.4. The lowest BCUT2D eigenvalue weighted by molar-refractivity contribution is 0.258. The molecule has 0 aliphatic rings. The van der Waals surface area contributed by atoms with Gasteiger partial charge >= 0.3 is 0 Å². The molecule has 17 heavy (non-hydrogen) atoms. The first-order valence-electron chi connectivity index (χ1n) is 5.13. The third-order valence-electron chi connectivity index (χ3n) is 2.08. The van der Waals surface area contributed by atoms with Gasteiger partial charge in [-0.1, -0.05) is 24.6 Å². The van der Waals surface area contributed by atoms with Crippen LogP contribution in [0.25, 0.3) is 0 Å². The molecule has 1 heterocycles. The van der Waals surface area contributed by atoms with Crippen LogP contribution in [0.2, 0.25) is 0 Å². The Morgan fingerprint density at radius 3 is 2.65 bits per heavy atom. The van der Waals surface area contributed by atoms with Crippen molar-refractivity contribution in [2.75, 3.05) is 17.1 Å². The fourth-order valence-electron chi connectivity index (χ4n) is 1.36. The second-order valence-corrected chi connectivity index (χ2v) is 5.91. The topological polar surface area (TPSA) is 70.5 Å². The third-order valence-corrected chi connectivity index (χ3v) is 3.48. The van der Waals surface area contributed by atoms with E-state index in [9.17, 15) is 13.5 Å². The number of halogens is 1. The van der Waals surface area contributed by atoms with Crippen molar-refractivity contribution in [2.45, 2.75) is 18.9 Å². The van der Waals surface area contributed by atoms with Gasteiger partial charge in [0.25, 0.3) is 0 Å². The first-order valence-corrected chi connectivity index (χ1v) is 7.41. The quantitative estimate of drug-likeness (QED) is 0.829. The zero-order valence-corrected chi connectivity index (χ0v) is 11.2. The predicted octanol–water partition coefficient (Wildman–Crippen LogP) is 1.49. The lowest BCUT2D eigenvalue weighted by Gasteiger charge is -2.21. The Balaban J connectivity index is 3.15.